The first-order chi connectivity index (χ1) is 11.5. The lowest BCUT2D eigenvalue weighted by Gasteiger charge is -2.23. The second-order valence-corrected chi connectivity index (χ2v) is 6.55. The van der Waals surface area contributed by atoms with Crippen molar-refractivity contribution in [1.82, 2.24) is 0 Å². The summed E-state index contributed by atoms with van der Waals surface area (Å²) >= 11 is 0. The van der Waals surface area contributed by atoms with Crippen molar-refractivity contribution in [2.45, 2.75) is 18.9 Å². The van der Waals surface area contributed by atoms with Gasteiger partial charge in [0.2, 0.25) is 5.91 Å². The monoisotopic (exact) mass is 332 g/mol. The summed E-state index contributed by atoms with van der Waals surface area (Å²) in [5.74, 6) is -0.776. The zero-order valence-corrected chi connectivity index (χ0v) is 12.9. The summed E-state index contributed by atoms with van der Waals surface area (Å²) in [6.45, 7) is 0. The van der Waals surface area contributed by atoms with Crippen molar-refractivity contribution >= 4 is 23.3 Å². The van der Waals surface area contributed by atoms with Gasteiger partial charge in [0.25, 0.3) is 5.69 Å². The number of hydrogen-bond acceptors (Lipinski definition) is 6. The van der Waals surface area contributed by atoms with E-state index in [1.54, 1.807) is 0 Å². The lowest BCUT2D eigenvalue weighted by molar-refractivity contribution is -0.384. The number of esters is 1. The Balaban J connectivity index is 1.57. The zero-order chi connectivity index (χ0) is 17.0. The standard InChI is InChI=1S/C16H16N2O6/c1-23-12-6-8(18(21)22)2-3-10(12)17-15(19)13-7-4-9-11(5-7)24-16(20)14(9)13/h2-3,6-7,9,11,13-14H,4-5H2,1H3,(H,17,19)/t7-,9+,11+,13-,14+/m1/s1. The molecule has 4 rings (SSSR count). The summed E-state index contributed by atoms with van der Waals surface area (Å²) in [5, 5.41) is 13.6. The minimum Gasteiger partial charge on any atom is -0.494 e. The average molecular weight is 332 g/mol. The molecule has 0 unspecified atom stereocenters. The van der Waals surface area contributed by atoms with Crippen molar-refractivity contribution in [3.05, 3.63) is 28.3 Å². The highest BCUT2D eigenvalue weighted by Crippen LogP contribution is 2.57. The Hall–Kier alpha value is -2.64. The van der Waals surface area contributed by atoms with Crippen LogP contribution in [0.4, 0.5) is 11.4 Å². The number of anilines is 1. The molecule has 1 aliphatic heterocycles. The van der Waals surface area contributed by atoms with Crippen LogP contribution in [0.1, 0.15) is 12.8 Å². The van der Waals surface area contributed by atoms with Crippen LogP contribution in [0.3, 0.4) is 0 Å². The Morgan fingerprint density at radius 1 is 1.42 bits per heavy atom. The van der Waals surface area contributed by atoms with Gasteiger partial charge >= 0.3 is 5.97 Å². The van der Waals surface area contributed by atoms with Crippen LogP contribution in [-0.2, 0) is 14.3 Å². The minimum absolute atomic E-state index is 0.0227. The molecule has 24 heavy (non-hydrogen) atoms. The molecular weight excluding hydrogens is 316 g/mol. The molecule has 2 aliphatic carbocycles. The highest BCUT2D eigenvalue weighted by atomic mass is 16.6. The zero-order valence-electron chi connectivity index (χ0n) is 12.9. The van der Waals surface area contributed by atoms with Crippen molar-refractivity contribution in [2.75, 3.05) is 12.4 Å². The van der Waals surface area contributed by atoms with Crippen LogP contribution in [0, 0.1) is 33.8 Å². The fourth-order valence-corrected chi connectivity index (χ4v) is 4.48. The predicted octanol–water partition coefficient (Wildman–Crippen LogP) is 1.74. The van der Waals surface area contributed by atoms with Crippen LogP contribution in [0.15, 0.2) is 18.2 Å². The Morgan fingerprint density at radius 2 is 2.21 bits per heavy atom. The van der Waals surface area contributed by atoms with E-state index in [-0.39, 0.29) is 47.2 Å². The van der Waals surface area contributed by atoms with E-state index in [1.807, 2.05) is 0 Å². The summed E-state index contributed by atoms with van der Waals surface area (Å²) in [6.07, 6.45) is 1.56. The van der Waals surface area contributed by atoms with Gasteiger partial charge in [-0.2, -0.15) is 0 Å². The predicted molar refractivity (Wildman–Crippen MR) is 81.4 cm³/mol. The molecule has 2 saturated carbocycles. The molecule has 1 aromatic rings. The summed E-state index contributed by atoms with van der Waals surface area (Å²) in [5.41, 5.74) is 0.241. The molecule has 0 spiro atoms. The molecule has 8 heteroatoms. The number of nitrogens with one attached hydrogen (secondary N) is 1. The summed E-state index contributed by atoms with van der Waals surface area (Å²) in [6, 6.07) is 4.01. The SMILES string of the molecule is COc1cc([N+](=O)[O-])ccc1NC(=O)[C@@H]1[C@@H]2C[C@@H]3[C@@H]1C(=O)O[C@H]3C2. The van der Waals surface area contributed by atoms with Gasteiger partial charge in [0.15, 0.2) is 0 Å². The smallest absolute Gasteiger partial charge is 0.310 e. The normalized spacial score (nSPS) is 32.5. The van der Waals surface area contributed by atoms with Crippen molar-refractivity contribution in [2.24, 2.45) is 23.7 Å². The average Bonchev–Trinajstić information content (AvgIpc) is 3.16. The van der Waals surface area contributed by atoms with Crippen LogP contribution >= 0.6 is 0 Å². The third-order valence-electron chi connectivity index (χ3n) is 5.44. The molecule has 3 aliphatic rings. The van der Waals surface area contributed by atoms with Gasteiger partial charge in [-0.1, -0.05) is 0 Å². The maximum absolute atomic E-state index is 12.7. The number of hydrogen-bond donors (Lipinski definition) is 1. The molecule has 1 amide bonds. The van der Waals surface area contributed by atoms with Crippen LogP contribution in [0.25, 0.3) is 0 Å². The van der Waals surface area contributed by atoms with Gasteiger partial charge in [0.1, 0.15) is 11.9 Å². The number of nitro benzene ring substituents is 1. The molecule has 5 atom stereocenters. The van der Waals surface area contributed by atoms with E-state index in [2.05, 4.69) is 5.32 Å². The topological polar surface area (TPSA) is 108 Å². The molecule has 8 nitrogen and oxygen atoms in total. The van der Waals surface area contributed by atoms with Gasteiger partial charge in [-0.15, -0.1) is 0 Å². The highest BCUT2D eigenvalue weighted by molar-refractivity contribution is 5.98. The molecule has 1 aromatic carbocycles. The van der Waals surface area contributed by atoms with Crippen molar-refractivity contribution in [1.29, 1.82) is 0 Å². The second-order valence-electron chi connectivity index (χ2n) is 6.55. The molecule has 1 N–H and O–H groups in total. The van der Waals surface area contributed by atoms with Crippen LogP contribution in [0.2, 0.25) is 0 Å². The van der Waals surface area contributed by atoms with Gasteiger partial charge in [-0.05, 0) is 24.8 Å². The molecular formula is C16H16N2O6. The number of nitrogens with zero attached hydrogens (tertiary/aromatic N) is 1. The lowest BCUT2D eigenvalue weighted by atomic mass is 9.79. The lowest BCUT2D eigenvalue weighted by Crippen LogP contribution is -2.35. The molecule has 126 valence electrons. The van der Waals surface area contributed by atoms with E-state index in [9.17, 15) is 19.7 Å². The maximum Gasteiger partial charge on any atom is 0.310 e. The number of benzene rings is 1. The van der Waals surface area contributed by atoms with E-state index < -0.39 is 10.8 Å². The van der Waals surface area contributed by atoms with Crippen LogP contribution < -0.4 is 10.1 Å². The first kappa shape index (κ1) is 14.9. The van der Waals surface area contributed by atoms with Gasteiger partial charge < -0.3 is 14.8 Å². The quantitative estimate of drug-likeness (QED) is 0.511. The van der Waals surface area contributed by atoms with Crippen LogP contribution in [-0.4, -0.2) is 30.0 Å². The number of ether oxygens (including phenoxy) is 2. The fourth-order valence-electron chi connectivity index (χ4n) is 4.48. The number of rotatable bonds is 4. The molecule has 0 aromatic heterocycles. The summed E-state index contributed by atoms with van der Waals surface area (Å²) in [7, 11) is 1.38. The molecule has 1 saturated heterocycles. The Bertz CT molecular complexity index is 746. The molecule has 3 fully saturated rings. The maximum atomic E-state index is 12.7. The number of amides is 1. The van der Waals surface area contributed by atoms with E-state index in [1.165, 1.54) is 25.3 Å². The first-order valence-electron chi connectivity index (χ1n) is 7.83. The summed E-state index contributed by atoms with van der Waals surface area (Å²) < 4.78 is 10.5. The van der Waals surface area contributed by atoms with Gasteiger partial charge in [0, 0.05) is 12.0 Å². The third-order valence-corrected chi connectivity index (χ3v) is 5.44. The number of fused-ring (bicyclic) bond motifs is 1. The van der Waals surface area contributed by atoms with Crippen molar-refractivity contribution < 1.29 is 24.0 Å². The number of methoxy groups -OCH3 is 1. The van der Waals surface area contributed by atoms with Crippen LogP contribution in [0.5, 0.6) is 5.75 Å². The van der Waals surface area contributed by atoms with E-state index in [0.717, 1.165) is 12.8 Å². The van der Waals surface area contributed by atoms with E-state index >= 15 is 0 Å². The number of carbonyl (C=O) groups excluding carboxylic acids is 2. The molecule has 1 heterocycles. The van der Waals surface area contributed by atoms with E-state index in [0.29, 0.717) is 5.69 Å². The second kappa shape index (κ2) is 5.19. The number of carbonyl (C=O) groups is 2. The fraction of sp³-hybridized carbons (Fsp3) is 0.500. The van der Waals surface area contributed by atoms with Crippen molar-refractivity contribution in [3.63, 3.8) is 0 Å². The molecule has 0 radical (unpaired) electrons. The number of non-ortho nitro benzene ring substituents is 1. The minimum atomic E-state index is -0.529. The van der Waals surface area contributed by atoms with E-state index in [4.69, 9.17) is 9.47 Å². The Labute approximate surface area is 137 Å². The Morgan fingerprint density at radius 3 is 2.92 bits per heavy atom. The Kier molecular flexibility index (Phi) is 3.22. The largest absolute Gasteiger partial charge is 0.494 e. The highest BCUT2D eigenvalue weighted by Gasteiger charge is 2.63. The third kappa shape index (κ3) is 2.05. The van der Waals surface area contributed by atoms with Gasteiger partial charge in [-0.25, -0.2) is 0 Å². The van der Waals surface area contributed by atoms with Crippen molar-refractivity contribution in [3.8, 4) is 5.75 Å². The van der Waals surface area contributed by atoms with Gasteiger partial charge in [-0.3, -0.25) is 19.7 Å². The number of nitro groups is 1. The van der Waals surface area contributed by atoms with Gasteiger partial charge in [0.05, 0.1) is 35.6 Å². The molecule has 2 bridgehead atoms. The first-order valence-corrected chi connectivity index (χ1v) is 7.83. The summed E-state index contributed by atoms with van der Waals surface area (Å²) in [4.78, 5) is 35.0.